The highest BCUT2D eigenvalue weighted by atomic mass is 16.5. The molecule has 0 aliphatic carbocycles. The second-order valence-corrected chi connectivity index (χ2v) is 6.27. The Kier molecular flexibility index (Phi) is 6.25. The average molecular weight is 317 g/mol. The van der Waals surface area contributed by atoms with Crippen LogP contribution in [0.15, 0.2) is 41.0 Å². The van der Waals surface area contributed by atoms with Crippen LogP contribution in [0.4, 0.5) is 0 Å². The maximum Gasteiger partial charge on any atom is 0.124 e. The SMILES string of the molecule is COc1ccc(CN(Cc2ccco2)[C@H](C)C(C)C)cc1CO. The molecule has 1 aromatic heterocycles. The Bertz CT molecular complexity index is 593. The summed E-state index contributed by atoms with van der Waals surface area (Å²) >= 11 is 0. The van der Waals surface area contributed by atoms with Gasteiger partial charge in [0.2, 0.25) is 0 Å². The van der Waals surface area contributed by atoms with Gasteiger partial charge in [-0.15, -0.1) is 0 Å². The number of hydrogen-bond acceptors (Lipinski definition) is 4. The van der Waals surface area contributed by atoms with Crippen molar-refractivity contribution >= 4 is 0 Å². The van der Waals surface area contributed by atoms with Gasteiger partial charge in [0, 0.05) is 18.2 Å². The molecule has 0 unspecified atom stereocenters. The summed E-state index contributed by atoms with van der Waals surface area (Å²) in [5.74, 6) is 2.24. The zero-order valence-corrected chi connectivity index (χ0v) is 14.5. The van der Waals surface area contributed by atoms with Gasteiger partial charge < -0.3 is 14.3 Å². The number of ether oxygens (including phenoxy) is 1. The Morgan fingerprint density at radius 1 is 1.17 bits per heavy atom. The van der Waals surface area contributed by atoms with E-state index in [-0.39, 0.29) is 6.61 Å². The summed E-state index contributed by atoms with van der Waals surface area (Å²) in [7, 11) is 1.62. The summed E-state index contributed by atoms with van der Waals surface area (Å²) in [6.07, 6.45) is 1.71. The van der Waals surface area contributed by atoms with Crippen molar-refractivity contribution in [2.45, 2.75) is 46.5 Å². The number of benzene rings is 1. The maximum absolute atomic E-state index is 9.50. The van der Waals surface area contributed by atoms with Crippen molar-refractivity contribution < 1.29 is 14.3 Å². The fraction of sp³-hybridized carbons (Fsp3) is 0.474. The Labute approximate surface area is 138 Å². The van der Waals surface area contributed by atoms with Crippen LogP contribution >= 0.6 is 0 Å². The molecule has 0 radical (unpaired) electrons. The van der Waals surface area contributed by atoms with Gasteiger partial charge in [-0.1, -0.05) is 19.9 Å². The third-order valence-corrected chi connectivity index (χ3v) is 4.38. The highest BCUT2D eigenvalue weighted by Gasteiger charge is 2.19. The minimum Gasteiger partial charge on any atom is -0.496 e. The number of methoxy groups -OCH3 is 1. The standard InChI is InChI=1S/C19H27NO3/c1-14(2)15(3)20(12-18-6-5-9-23-18)11-16-7-8-19(22-4)17(10-16)13-21/h5-10,14-15,21H,11-13H2,1-4H3/t15-/m1/s1. The van der Waals surface area contributed by atoms with Gasteiger partial charge in [0.15, 0.2) is 0 Å². The van der Waals surface area contributed by atoms with Crippen molar-refractivity contribution in [2.24, 2.45) is 5.92 Å². The maximum atomic E-state index is 9.50. The first-order valence-corrected chi connectivity index (χ1v) is 8.08. The van der Waals surface area contributed by atoms with E-state index in [2.05, 4.69) is 31.7 Å². The Morgan fingerprint density at radius 2 is 1.96 bits per heavy atom. The molecule has 4 nitrogen and oxygen atoms in total. The van der Waals surface area contributed by atoms with Gasteiger partial charge in [-0.25, -0.2) is 0 Å². The molecule has 0 amide bonds. The van der Waals surface area contributed by atoms with Crippen LogP contribution in [-0.4, -0.2) is 23.2 Å². The minimum absolute atomic E-state index is 0.0189. The van der Waals surface area contributed by atoms with Gasteiger partial charge in [-0.05, 0) is 42.7 Å². The van der Waals surface area contributed by atoms with Crippen molar-refractivity contribution in [1.29, 1.82) is 0 Å². The lowest BCUT2D eigenvalue weighted by Crippen LogP contribution is -2.35. The van der Waals surface area contributed by atoms with Gasteiger partial charge in [-0.2, -0.15) is 0 Å². The molecule has 1 heterocycles. The van der Waals surface area contributed by atoms with Gasteiger partial charge in [0.25, 0.3) is 0 Å². The molecule has 1 N–H and O–H groups in total. The predicted octanol–water partition coefficient (Wildman–Crippen LogP) is 3.83. The molecule has 2 rings (SSSR count). The number of rotatable bonds is 8. The molecule has 0 bridgehead atoms. The van der Waals surface area contributed by atoms with Crippen molar-refractivity contribution in [3.05, 3.63) is 53.5 Å². The fourth-order valence-corrected chi connectivity index (χ4v) is 2.66. The highest BCUT2D eigenvalue weighted by Crippen LogP contribution is 2.23. The van der Waals surface area contributed by atoms with Gasteiger partial charge >= 0.3 is 0 Å². The molecule has 4 heteroatoms. The first-order valence-electron chi connectivity index (χ1n) is 8.08. The first kappa shape index (κ1) is 17.6. The molecule has 2 aromatic rings. The van der Waals surface area contributed by atoms with Crippen LogP contribution in [0, 0.1) is 5.92 Å². The van der Waals surface area contributed by atoms with E-state index >= 15 is 0 Å². The zero-order chi connectivity index (χ0) is 16.8. The van der Waals surface area contributed by atoms with E-state index in [9.17, 15) is 5.11 Å². The van der Waals surface area contributed by atoms with Crippen LogP contribution in [0.25, 0.3) is 0 Å². The van der Waals surface area contributed by atoms with Gasteiger partial charge in [0.1, 0.15) is 11.5 Å². The molecule has 23 heavy (non-hydrogen) atoms. The van der Waals surface area contributed by atoms with Gasteiger partial charge in [-0.3, -0.25) is 4.90 Å². The van der Waals surface area contributed by atoms with E-state index in [0.29, 0.717) is 12.0 Å². The minimum atomic E-state index is -0.0189. The monoisotopic (exact) mass is 317 g/mol. The summed E-state index contributed by atoms with van der Waals surface area (Å²) in [6.45, 7) is 8.25. The lowest BCUT2D eigenvalue weighted by molar-refractivity contribution is 0.140. The summed E-state index contributed by atoms with van der Waals surface area (Å²) < 4.78 is 10.8. The average Bonchev–Trinajstić information content (AvgIpc) is 3.06. The molecule has 0 fully saturated rings. The highest BCUT2D eigenvalue weighted by molar-refractivity contribution is 5.36. The van der Waals surface area contributed by atoms with Gasteiger partial charge in [0.05, 0.1) is 26.5 Å². The molecule has 0 aliphatic rings. The summed E-state index contributed by atoms with van der Waals surface area (Å²) in [5, 5.41) is 9.50. The lowest BCUT2D eigenvalue weighted by atomic mass is 10.0. The first-order chi connectivity index (χ1) is 11.0. The van der Waals surface area contributed by atoms with Crippen molar-refractivity contribution in [3.8, 4) is 5.75 Å². The van der Waals surface area contributed by atoms with Crippen molar-refractivity contribution in [1.82, 2.24) is 4.90 Å². The Morgan fingerprint density at radius 3 is 2.52 bits per heavy atom. The largest absolute Gasteiger partial charge is 0.496 e. The molecule has 126 valence electrons. The normalized spacial score (nSPS) is 12.8. The number of nitrogens with zero attached hydrogens (tertiary/aromatic N) is 1. The second kappa shape index (κ2) is 8.18. The molecule has 0 saturated heterocycles. The molecule has 0 spiro atoms. The second-order valence-electron chi connectivity index (χ2n) is 6.27. The van der Waals surface area contributed by atoms with Crippen LogP contribution in [0.1, 0.15) is 37.7 Å². The van der Waals surface area contributed by atoms with Crippen molar-refractivity contribution in [3.63, 3.8) is 0 Å². The van der Waals surface area contributed by atoms with Crippen LogP contribution in [0.2, 0.25) is 0 Å². The predicted molar refractivity (Wildman–Crippen MR) is 91.2 cm³/mol. The summed E-state index contributed by atoms with van der Waals surface area (Å²) in [5.41, 5.74) is 1.98. The van der Waals surface area contributed by atoms with E-state index in [4.69, 9.17) is 9.15 Å². The zero-order valence-electron chi connectivity index (χ0n) is 14.5. The topological polar surface area (TPSA) is 45.8 Å². The summed E-state index contributed by atoms with van der Waals surface area (Å²) in [4.78, 5) is 2.40. The fourth-order valence-electron chi connectivity index (χ4n) is 2.66. The van der Waals surface area contributed by atoms with E-state index in [0.717, 1.165) is 35.7 Å². The number of aliphatic hydroxyl groups is 1. The number of aliphatic hydroxyl groups excluding tert-OH is 1. The van der Waals surface area contributed by atoms with E-state index in [1.807, 2.05) is 24.3 Å². The molecular formula is C19H27NO3. The molecule has 0 aliphatic heterocycles. The third kappa shape index (κ3) is 4.60. The van der Waals surface area contributed by atoms with Crippen LogP contribution in [0.3, 0.4) is 0 Å². The van der Waals surface area contributed by atoms with Crippen LogP contribution in [-0.2, 0) is 19.7 Å². The molecule has 1 aromatic carbocycles. The number of hydrogen-bond donors (Lipinski definition) is 1. The smallest absolute Gasteiger partial charge is 0.124 e. The van der Waals surface area contributed by atoms with E-state index in [1.165, 1.54) is 0 Å². The van der Waals surface area contributed by atoms with Crippen molar-refractivity contribution in [2.75, 3.05) is 7.11 Å². The Balaban J connectivity index is 2.19. The van der Waals surface area contributed by atoms with Crippen LogP contribution < -0.4 is 4.74 Å². The quantitative estimate of drug-likeness (QED) is 0.804. The summed E-state index contributed by atoms with van der Waals surface area (Å²) in [6, 6.07) is 10.3. The number of furan rings is 1. The van der Waals surface area contributed by atoms with E-state index < -0.39 is 0 Å². The molecule has 0 saturated carbocycles. The Hall–Kier alpha value is -1.78. The van der Waals surface area contributed by atoms with E-state index in [1.54, 1.807) is 13.4 Å². The lowest BCUT2D eigenvalue weighted by Gasteiger charge is -2.31. The molecule has 1 atom stereocenters. The third-order valence-electron chi connectivity index (χ3n) is 4.38. The van der Waals surface area contributed by atoms with Crippen LogP contribution in [0.5, 0.6) is 5.75 Å². The molecular weight excluding hydrogens is 290 g/mol.